The molecule has 12 aromatic rings. The Kier molecular flexibility index (Phi) is 6.60. The van der Waals surface area contributed by atoms with Gasteiger partial charge in [-0.15, -0.1) is 0 Å². The van der Waals surface area contributed by atoms with Crippen molar-refractivity contribution in [3.05, 3.63) is 182 Å². The quantitative estimate of drug-likeness (QED) is 0.171. The van der Waals surface area contributed by atoms with Gasteiger partial charge in [-0.3, -0.25) is 4.98 Å². The van der Waals surface area contributed by atoms with Crippen molar-refractivity contribution < 1.29 is 0 Å². The Morgan fingerprint density at radius 3 is 1.41 bits per heavy atom. The zero-order chi connectivity index (χ0) is 36.7. The molecule has 56 heavy (non-hydrogen) atoms. The Hall–Kier alpha value is -7.56. The zero-order valence-corrected chi connectivity index (χ0v) is 30.1. The first kappa shape index (κ1) is 30.9. The van der Waals surface area contributed by atoms with E-state index in [1.165, 1.54) is 64.8 Å². The SMILES string of the molecule is c1ccc(-c2ccc(-c3nc(-c4ccc5ncccc5c4)nc(-c4cc5ccc6cccc7c8cccc9ccc%10cccc(c(c4)c5c67)c%10c98)n3)cc2)cc1. The summed E-state index contributed by atoms with van der Waals surface area (Å²) in [6.45, 7) is 0. The fraction of sp³-hybridized carbons (Fsp3) is 0. The minimum Gasteiger partial charge on any atom is -0.256 e. The van der Waals surface area contributed by atoms with Gasteiger partial charge in [0.2, 0.25) is 0 Å². The summed E-state index contributed by atoms with van der Waals surface area (Å²) in [5.41, 5.74) is 6.02. The summed E-state index contributed by atoms with van der Waals surface area (Å²) in [5.74, 6) is 1.87. The molecular weight excluding hydrogens is 681 g/mol. The average molecular weight is 711 g/mol. The van der Waals surface area contributed by atoms with Gasteiger partial charge in [0.15, 0.2) is 17.5 Å². The number of rotatable bonds is 4. The van der Waals surface area contributed by atoms with Crippen LogP contribution in [0.25, 0.3) is 121 Å². The van der Waals surface area contributed by atoms with Gasteiger partial charge in [0.25, 0.3) is 0 Å². The molecule has 0 unspecified atom stereocenters. The van der Waals surface area contributed by atoms with E-state index in [0.29, 0.717) is 17.5 Å². The predicted molar refractivity (Wildman–Crippen MR) is 233 cm³/mol. The van der Waals surface area contributed by atoms with Crippen molar-refractivity contribution in [3.8, 4) is 45.3 Å². The lowest BCUT2D eigenvalue weighted by molar-refractivity contribution is 1.08. The highest BCUT2D eigenvalue weighted by Crippen LogP contribution is 2.44. The molecule has 2 aromatic heterocycles. The van der Waals surface area contributed by atoms with Crippen LogP contribution in [0.1, 0.15) is 0 Å². The van der Waals surface area contributed by atoms with Crippen LogP contribution in [0.4, 0.5) is 0 Å². The molecule has 0 aliphatic heterocycles. The molecule has 2 heterocycles. The second-order valence-corrected chi connectivity index (χ2v) is 14.6. The Bertz CT molecular complexity index is 3510. The van der Waals surface area contributed by atoms with E-state index in [0.717, 1.165) is 38.5 Å². The third-order valence-corrected chi connectivity index (χ3v) is 11.4. The summed E-state index contributed by atoms with van der Waals surface area (Å²) in [6, 6.07) is 62.9. The number of nitrogens with zero attached hydrogens (tertiary/aromatic N) is 4. The van der Waals surface area contributed by atoms with E-state index in [4.69, 9.17) is 15.0 Å². The Labute approximate surface area is 321 Å². The molecule has 0 fully saturated rings. The third kappa shape index (κ3) is 4.73. The molecule has 10 aromatic carbocycles. The summed E-state index contributed by atoms with van der Waals surface area (Å²) < 4.78 is 0. The molecule has 0 atom stereocenters. The number of aromatic nitrogens is 4. The highest BCUT2D eigenvalue weighted by atomic mass is 15.0. The smallest absolute Gasteiger partial charge is 0.164 e. The Balaban J connectivity index is 1.16. The monoisotopic (exact) mass is 710 g/mol. The van der Waals surface area contributed by atoms with Crippen LogP contribution < -0.4 is 0 Å². The fourth-order valence-corrected chi connectivity index (χ4v) is 8.83. The molecule has 0 spiro atoms. The minimum atomic E-state index is 0.618. The summed E-state index contributed by atoms with van der Waals surface area (Å²) in [7, 11) is 0. The van der Waals surface area contributed by atoms with Crippen LogP contribution >= 0.6 is 0 Å². The van der Waals surface area contributed by atoms with E-state index in [-0.39, 0.29) is 0 Å². The van der Waals surface area contributed by atoms with Crippen LogP contribution in [0.3, 0.4) is 0 Å². The van der Waals surface area contributed by atoms with Gasteiger partial charge in [0.1, 0.15) is 0 Å². The Morgan fingerprint density at radius 2 is 0.750 bits per heavy atom. The van der Waals surface area contributed by atoms with E-state index in [1.807, 2.05) is 24.4 Å². The second kappa shape index (κ2) is 12.0. The number of fused-ring (bicyclic) bond motifs is 3. The van der Waals surface area contributed by atoms with Crippen LogP contribution in [0.2, 0.25) is 0 Å². The van der Waals surface area contributed by atoms with Gasteiger partial charge in [-0.2, -0.15) is 0 Å². The van der Waals surface area contributed by atoms with Gasteiger partial charge in [-0.05, 0) is 112 Å². The lowest BCUT2D eigenvalue weighted by atomic mass is 9.87. The average Bonchev–Trinajstić information content (AvgIpc) is 3.27. The highest BCUT2D eigenvalue weighted by Gasteiger charge is 2.19. The van der Waals surface area contributed by atoms with E-state index in [9.17, 15) is 0 Å². The van der Waals surface area contributed by atoms with E-state index < -0.39 is 0 Å². The molecule has 0 aliphatic carbocycles. The molecule has 258 valence electrons. The molecule has 12 rings (SSSR count). The first-order valence-corrected chi connectivity index (χ1v) is 19.0. The van der Waals surface area contributed by atoms with Gasteiger partial charge >= 0.3 is 0 Å². The first-order valence-electron chi connectivity index (χ1n) is 19.0. The molecule has 0 saturated carbocycles. The third-order valence-electron chi connectivity index (χ3n) is 11.4. The van der Waals surface area contributed by atoms with Gasteiger partial charge in [0, 0.05) is 28.3 Å². The molecule has 0 aliphatic rings. The molecule has 0 bridgehead atoms. The summed E-state index contributed by atoms with van der Waals surface area (Å²) in [6.07, 6.45) is 1.82. The summed E-state index contributed by atoms with van der Waals surface area (Å²) >= 11 is 0. The molecule has 0 radical (unpaired) electrons. The van der Waals surface area contributed by atoms with Crippen molar-refractivity contribution in [1.29, 1.82) is 0 Å². The normalized spacial score (nSPS) is 11.9. The molecular formula is C52H30N4. The van der Waals surface area contributed by atoms with Crippen molar-refractivity contribution in [2.75, 3.05) is 0 Å². The molecule has 0 N–H and O–H groups in total. The maximum absolute atomic E-state index is 5.26. The lowest BCUT2D eigenvalue weighted by Gasteiger charge is -2.17. The van der Waals surface area contributed by atoms with E-state index in [1.54, 1.807) is 0 Å². The largest absolute Gasteiger partial charge is 0.256 e. The van der Waals surface area contributed by atoms with Gasteiger partial charge in [0.05, 0.1) is 5.52 Å². The molecule has 4 nitrogen and oxygen atoms in total. The number of pyridine rings is 1. The van der Waals surface area contributed by atoms with Crippen LogP contribution in [-0.4, -0.2) is 19.9 Å². The van der Waals surface area contributed by atoms with Crippen molar-refractivity contribution in [1.82, 2.24) is 19.9 Å². The molecule has 0 saturated heterocycles. The van der Waals surface area contributed by atoms with Gasteiger partial charge in [-0.1, -0.05) is 140 Å². The summed E-state index contributed by atoms with van der Waals surface area (Å²) in [4.78, 5) is 20.2. The van der Waals surface area contributed by atoms with Gasteiger partial charge < -0.3 is 0 Å². The number of benzene rings is 9. The van der Waals surface area contributed by atoms with Crippen LogP contribution in [-0.2, 0) is 0 Å². The topological polar surface area (TPSA) is 51.6 Å². The minimum absolute atomic E-state index is 0.618. The molecule has 4 heteroatoms. The maximum atomic E-state index is 5.26. The first-order chi connectivity index (χ1) is 27.7. The Morgan fingerprint density at radius 1 is 0.268 bits per heavy atom. The van der Waals surface area contributed by atoms with Crippen molar-refractivity contribution in [2.24, 2.45) is 0 Å². The highest BCUT2D eigenvalue weighted by molar-refractivity contribution is 6.37. The van der Waals surface area contributed by atoms with Crippen LogP contribution in [0, 0.1) is 0 Å². The summed E-state index contributed by atoms with van der Waals surface area (Å²) in [5, 5.41) is 15.8. The standard InChI is InChI=1S/C52H30N4/c1-2-8-31(9-3-1)32-17-22-36(23-18-32)50-54-51(39-25-26-45-37(28-39)13-7-27-53-45)56-52(55-50)40-29-38-24-21-35-11-5-15-42-41-14-4-10-33-19-20-34-12-6-16-43(48(34)46(33)41)44(30-40)49(38)47(35)42/h1-30H. The zero-order valence-electron chi connectivity index (χ0n) is 30.1. The predicted octanol–water partition coefficient (Wildman–Crippen LogP) is 13.4. The fourth-order valence-electron chi connectivity index (χ4n) is 8.83. The van der Waals surface area contributed by atoms with Crippen molar-refractivity contribution in [3.63, 3.8) is 0 Å². The number of hydrogen-bond acceptors (Lipinski definition) is 4. The second-order valence-electron chi connectivity index (χ2n) is 14.6. The van der Waals surface area contributed by atoms with Gasteiger partial charge in [-0.25, -0.2) is 15.0 Å². The van der Waals surface area contributed by atoms with E-state index in [2.05, 4.69) is 163 Å². The number of hydrogen-bond donors (Lipinski definition) is 0. The molecule has 0 amide bonds. The van der Waals surface area contributed by atoms with Crippen molar-refractivity contribution in [2.45, 2.75) is 0 Å². The van der Waals surface area contributed by atoms with Crippen LogP contribution in [0.5, 0.6) is 0 Å². The maximum Gasteiger partial charge on any atom is 0.164 e. The van der Waals surface area contributed by atoms with Crippen LogP contribution in [0.15, 0.2) is 182 Å². The van der Waals surface area contributed by atoms with Crippen molar-refractivity contribution >= 4 is 75.5 Å². The van der Waals surface area contributed by atoms with E-state index >= 15 is 0 Å². The lowest BCUT2D eigenvalue weighted by Crippen LogP contribution is -2.00.